The number of carbonyl (C=O) groups excluding carboxylic acids is 1. The van der Waals surface area contributed by atoms with Crippen molar-refractivity contribution in [3.8, 4) is 0 Å². The van der Waals surface area contributed by atoms with E-state index in [1.54, 1.807) is 11.3 Å². The lowest BCUT2D eigenvalue weighted by molar-refractivity contribution is -0.123. The van der Waals surface area contributed by atoms with Crippen LogP contribution in [0.3, 0.4) is 0 Å². The number of thiophene rings is 1. The largest absolute Gasteiger partial charge is 0.368 e. The summed E-state index contributed by atoms with van der Waals surface area (Å²) in [5, 5.41) is 2.13. The first-order valence-electron chi connectivity index (χ1n) is 6.81. The molecule has 4 heteroatoms. The number of hydrogen-bond donors (Lipinski definition) is 1. The average Bonchev–Trinajstić information content (AvgIpc) is 2.88. The minimum atomic E-state index is -0.329. The van der Waals surface area contributed by atoms with Crippen molar-refractivity contribution in [1.29, 1.82) is 0 Å². The van der Waals surface area contributed by atoms with E-state index < -0.39 is 0 Å². The maximum Gasteiger partial charge on any atom is 0.239 e. The first-order valence-corrected chi connectivity index (χ1v) is 7.69. The summed E-state index contributed by atoms with van der Waals surface area (Å²) in [6, 6.07) is 9.83. The number of nitrogens with two attached hydrogens (primary N) is 1. The molecule has 1 unspecified atom stereocenters. The molecule has 2 N–H and O–H groups in total. The van der Waals surface area contributed by atoms with Gasteiger partial charge in [0, 0.05) is 18.0 Å². The second-order valence-electron chi connectivity index (χ2n) is 5.25. The summed E-state index contributed by atoms with van der Waals surface area (Å²) in [7, 11) is 0. The summed E-state index contributed by atoms with van der Waals surface area (Å²) in [5.41, 5.74) is 9.16. The molecular weight excluding hydrogens is 268 g/mol. The van der Waals surface area contributed by atoms with Gasteiger partial charge in [0.05, 0.1) is 0 Å². The fraction of sp³-hybridized carbons (Fsp3) is 0.312. The molecular formula is C16H18N2OS. The summed E-state index contributed by atoms with van der Waals surface area (Å²) in [5.74, 6) is -0.266. The molecule has 3 nitrogen and oxygen atoms in total. The van der Waals surface area contributed by atoms with Crippen LogP contribution in [-0.2, 0) is 17.8 Å². The van der Waals surface area contributed by atoms with Gasteiger partial charge < -0.3 is 5.73 Å². The highest BCUT2D eigenvalue weighted by molar-refractivity contribution is 7.10. The quantitative estimate of drug-likeness (QED) is 0.943. The topological polar surface area (TPSA) is 46.3 Å². The zero-order valence-corrected chi connectivity index (χ0v) is 12.3. The summed E-state index contributed by atoms with van der Waals surface area (Å²) < 4.78 is 0. The Labute approximate surface area is 123 Å². The molecule has 1 aromatic heterocycles. The number of benzene rings is 1. The molecule has 1 aliphatic rings. The molecule has 1 atom stereocenters. The third-order valence-corrected chi connectivity index (χ3v) is 4.98. The Morgan fingerprint density at radius 1 is 1.35 bits per heavy atom. The van der Waals surface area contributed by atoms with Crippen molar-refractivity contribution in [2.75, 3.05) is 6.54 Å². The van der Waals surface area contributed by atoms with E-state index in [1.807, 2.05) is 31.2 Å². The second kappa shape index (κ2) is 5.38. The lowest BCUT2D eigenvalue weighted by Crippen LogP contribution is -2.40. The number of carbonyl (C=O) groups is 1. The van der Waals surface area contributed by atoms with Gasteiger partial charge in [-0.2, -0.15) is 0 Å². The van der Waals surface area contributed by atoms with Gasteiger partial charge in [0.2, 0.25) is 5.91 Å². The molecule has 0 bridgehead atoms. The van der Waals surface area contributed by atoms with Crippen LogP contribution in [0.1, 0.15) is 27.6 Å². The van der Waals surface area contributed by atoms with E-state index in [0.29, 0.717) is 0 Å². The van der Waals surface area contributed by atoms with Crippen molar-refractivity contribution < 1.29 is 4.79 Å². The minimum Gasteiger partial charge on any atom is -0.368 e. The van der Waals surface area contributed by atoms with Crippen molar-refractivity contribution in [2.24, 2.45) is 5.73 Å². The molecule has 1 aliphatic heterocycles. The maximum atomic E-state index is 12.0. The van der Waals surface area contributed by atoms with Crippen LogP contribution in [0, 0.1) is 6.92 Å². The van der Waals surface area contributed by atoms with E-state index in [9.17, 15) is 4.79 Å². The van der Waals surface area contributed by atoms with Crippen LogP contribution >= 0.6 is 11.3 Å². The number of amides is 1. The second-order valence-corrected chi connectivity index (χ2v) is 6.25. The van der Waals surface area contributed by atoms with Crippen molar-refractivity contribution in [2.45, 2.75) is 25.9 Å². The van der Waals surface area contributed by atoms with E-state index in [2.05, 4.69) is 16.3 Å². The van der Waals surface area contributed by atoms with Crippen LogP contribution in [0.15, 0.2) is 35.7 Å². The molecule has 0 spiro atoms. The van der Waals surface area contributed by atoms with E-state index in [-0.39, 0.29) is 11.9 Å². The smallest absolute Gasteiger partial charge is 0.239 e. The summed E-state index contributed by atoms with van der Waals surface area (Å²) in [6.45, 7) is 3.72. The Kier molecular flexibility index (Phi) is 3.59. The van der Waals surface area contributed by atoms with Crippen LogP contribution in [-0.4, -0.2) is 17.4 Å². The van der Waals surface area contributed by atoms with E-state index in [0.717, 1.165) is 30.6 Å². The van der Waals surface area contributed by atoms with Crippen molar-refractivity contribution in [3.05, 3.63) is 57.3 Å². The number of hydrogen-bond acceptors (Lipinski definition) is 3. The first-order chi connectivity index (χ1) is 9.66. The van der Waals surface area contributed by atoms with Gasteiger partial charge in [0.1, 0.15) is 6.04 Å². The van der Waals surface area contributed by atoms with Gasteiger partial charge in [-0.25, -0.2) is 0 Å². The fourth-order valence-corrected chi connectivity index (χ4v) is 3.80. The zero-order chi connectivity index (χ0) is 14.1. The van der Waals surface area contributed by atoms with E-state index in [1.165, 1.54) is 10.4 Å². The summed E-state index contributed by atoms with van der Waals surface area (Å²) in [6.07, 6.45) is 1.00. The van der Waals surface area contributed by atoms with Gasteiger partial charge in [-0.1, -0.05) is 24.3 Å². The number of nitrogens with zero attached hydrogens (tertiary/aromatic N) is 1. The first kappa shape index (κ1) is 13.3. The zero-order valence-electron chi connectivity index (χ0n) is 11.5. The van der Waals surface area contributed by atoms with Gasteiger partial charge in [0.25, 0.3) is 0 Å². The average molecular weight is 286 g/mol. The van der Waals surface area contributed by atoms with Gasteiger partial charge in [0.15, 0.2) is 0 Å². The molecule has 0 saturated heterocycles. The predicted octanol–water partition coefficient (Wildman–Crippen LogP) is 2.64. The maximum absolute atomic E-state index is 12.0. The SMILES string of the molecule is Cc1ccccc1C(C(N)=O)N1CCc2sccc2C1. The Bertz CT molecular complexity index is 635. The highest BCUT2D eigenvalue weighted by atomic mass is 32.1. The summed E-state index contributed by atoms with van der Waals surface area (Å²) >= 11 is 1.80. The van der Waals surface area contributed by atoms with Crippen LogP contribution in [0.4, 0.5) is 0 Å². The van der Waals surface area contributed by atoms with Crippen LogP contribution in [0.25, 0.3) is 0 Å². The van der Waals surface area contributed by atoms with E-state index in [4.69, 9.17) is 5.73 Å². The van der Waals surface area contributed by atoms with Crippen molar-refractivity contribution in [3.63, 3.8) is 0 Å². The van der Waals surface area contributed by atoms with Crippen LogP contribution < -0.4 is 5.73 Å². The molecule has 20 heavy (non-hydrogen) atoms. The Balaban J connectivity index is 1.93. The Morgan fingerprint density at radius 2 is 2.15 bits per heavy atom. The van der Waals surface area contributed by atoms with Gasteiger partial charge in [-0.05, 0) is 41.5 Å². The van der Waals surface area contributed by atoms with Crippen LogP contribution in [0.2, 0.25) is 0 Å². The monoisotopic (exact) mass is 286 g/mol. The van der Waals surface area contributed by atoms with Gasteiger partial charge in [-0.3, -0.25) is 9.69 Å². The third-order valence-electron chi connectivity index (χ3n) is 3.95. The molecule has 0 radical (unpaired) electrons. The van der Waals surface area contributed by atoms with Gasteiger partial charge in [-0.15, -0.1) is 11.3 Å². The van der Waals surface area contributed by atoms with Crippen LogP contribution in [0.5, 0.6) is 0 Å². The standard InChI is InChI=1S/C16H18N2OS/c1-11-4-2-3-5-13(11)15(16(17)19)18-8-6-14-12(10-18)7-9-20-14/h2-5,7,9,15H,6,8,10H2,1H3,(H2,17,19). The van der Waals surface area contributed by atoms with E-state index >= 15 is 0 Å². The molecule has 0 saturated carbocycles. The normalized spacial score (nSPS) is 16.6. The molecule has 2 heterocycles. The molecule has 104 valence electrons. The molecule has 1 amide bonds. The fourth-order valence-electron chi connectivity index (χ4n) is 2.91. The molecule has 1 aromatic carbocycles. The number of rotatable bonds is 3. The number of fused-ring (bicyclic) bond motifs is 1. The van der Waals surface area contributed by atoms with Gasteiger partial charge >= 0.3 is 0 Å². The molecule has 3 rings (SSSR count). The Morgan fingerprint density at radius 3 is 2.90 bits per heavy atom. The molecule has 0 aliphatic carbocycles. The molecule has 2 aromatic rings. The number of aryl methyl sites for hydroxylation is 1. The Hall–Kier alpha value is -1.65. The minimum absolute atomic E-state index is 0.266. The predicted molar refractivity (Wildman–Crippen MR) is 81.5 cm³/mol. The molecule has 0 fully saturated rings. The van der Waals surface area contributed by atoms with Crippen molar-refractivity contribution in [1.82, 2.24) is 4.90 Å². The lowest BCUT2D eigenvalue weighted by Gasteiger charge is -2.33. The third kappa shape index (κ3) is 2.37. The number of primary amides is 1. The van der Waals surface area contributed by atoms with Crippen molar-refractivity contribution >= 4 is 17.2 Å². The summed E-state index contributed by atoms with van der Waals surface area (Å²) in [4.78, 5) is 15.6. The highest BCUT2D eigenvalue weighted by Crippen LogP contribution is 2.31. The lowest BCUT2D eigenvalue weighted by atomic mass is 9.97. The highest BCUT2D eigenvalue weighted by Gasteiger charge is 2.29.